The van der Waals surface area contributed by atoms with Crippen molar-refractivity contribution in [3.63, 3.8) is 0 Å². The van der Waals surface area contributed by atoms with E-state index in [9.17, 15) is 9.36 Å². The van der Waals surface area contributed by atoms with Crippen molar-refractivity contribution in [2.75, 3.05) is 13.3 Å². The van der Waals surface area contributed by atoms with E-state index >= 15 is 0 Å². The highest BCUT2D eigenvalue weighted by Gasteiger charge is 2.33. The van der Waals surface area contributed by atoms with E-state index in [0.717, 1.165) is 10.6 Å². The third-order valence-electron chi connectivity index (χ3n) is 4.03. The van der Waals surface area contributed by atoms with Crippen LogP contribution in [-0.4, -0.2) is 25.3 Å². The van der Waals surface area contributed by atoms with Crippen LogP contribution in [0.2, 0.25) is 0 Å². The fourth-order valence-corrected chi connectivity index (χ4v) is 5.45. The molecule has 0 heterocycles. The Hall–Kier alpha value is -1.90. The van der Waals surface area contributed by atoms with Crippen LogP contribution < -0.4 is 16.3 Å². The first kappa shape index (κ1) is 17.5. The molecule has 0 aliphatic rings. The van der Waals surface area contributed by atoms with Gasteiger partial charge in [0.05, 0.1) is 13.0 Å². The molecule has 0 aliphatic carbocycles. The van der Waals surface area contributed by atoms with E-state index in [1.54, 1.807) is 6.92 Å². The molecule has 2 unspecified atom stereocenters. The zero-order valence-corrected chi connectivity index (χ0v) is 14.3. The van der Waals surface area contributed by atoms with E-state index in [-0.39, 0.29) is 12.1 Å². The molecule has 2 aromatic carbocycles. The maximum absolute atomic E-state index is 13.8. The van der Waals surface area contributed by atoms with Crippen molar-refractivity contribution < 1.29 is 14.1 Å². The fourth-order valence-electron chi connectivity index (χ4n) is 2.51. The second-order valence-corrected chi connectivity index (χ2v) is 8.45. The molecule has 2 N–H and O–H groups in total. The van der Waals surface area contributed by atoms with Gasteiger partial charge in [-0.3, -0.25) is 4.79 Å². The van der Waals surface area contributed by atoms with Gasteiger partial charge in [-0.15, -0.1) is 0 Å². The molecule has 0 spiro atoms. The van der Waals surface area contributed by atoms with Gasteiger partial charge in [-0.05, 0) is 0 Å². The highest BCUT2D eigenvalue weighted by molar-refractivity contribution is 7.78. The molecule has 0 saturated carbocycles. The molecule has 0 amide bonds. The minimum absolute atomic E-state index is 0.220. The molecule has 2 rings (SSSR count). The number of nitrogens with two attached hydrogens (primary N) is 1. The fraction of sp³-hybridized carbons (Fsp3) is 0.278. The summed E-state index contributed by atoms with van der Waals surface area (Å²) in [6.07, 6.45) is 0.220. The van der Waals surface area contributed by atoms with Crippen molar-refractivity contribution in [2.24, 2.45) is 11.7 Å². The average molecular weight is 331 g/mol. The number of hydrogen-bond donors (Lipinski definition) is 1. The molecular formula is C18H22NO3P. The van der Waals surface area contributed by atoms with Crippen LogP contribution in [0.25, 0.3) is 0 Å². The van der Waals surface area contributed by atoms with Crippen LogP contribution in [0.1, 0.15) is 6.92 Å². The van der Waals surface area contributed by atoms with Crippen molar-refractivity contribution in [2.45, 2.75) is 13.0 Å². The number of hydrogen-bond acceptors (Lipinski definition) is 4. The highest BCUT2D eigenvalue weighted by Crippen LogP contribution is 2.44. The summed E-state index contributed by atoms with van der Waals surface area (Å²) in [5, 5.41) is 1.50. The number of methoxy groups -OCH3 is 1. The summed E-state index contributed by atoms with van der Waals surface area (Å²) < 4.78 is 18.6. The molecule has 2 atom stereocenters. The molecule has 4 nitrogen and oxygen atoms in total. The topological polar surface area (TPSA) is 69.4 Å². The Kier molecular flexibility index (Phi) is 5.75. The molecule has 122 valence electrons. The van der Waals surface area contributed by atoms with Gasteiger partial charge in [0.2, 0.25) is 0 Å². The van der Waals surface area contributed by atoms with Gasteiger partial charge in [-0.1, -0.05) is 67.6 Å². The summed E-state index contributed by atoms with van der Waals surface area (Å²) in [6.45, 7) is 1.71. The standard InChI is InChI=1S/C18H22NO3P/c1-14(18(20)22-2)17(19)13-23(21,15-9-5-3-6-10-15)16-11-7-4-8-12-16/h3-12,14,17H,13,19H2,1-2H3. The van der Waals surface area contributed by atoms with Crippen molar-refractivity contribution in [3.05, 3.63) is 60.7 Å². The summed E-state index contributed by atoms with van der Waals surface area (Å²) in [5.41, 5.74) is 6.18. The van der Waals surface area contributed by atoms with E-state index in [4.69, 9.17) is 10.5 Å². The molecule has 2 aromatic rings. The van der Waals surface area contributed by atoms with Crippen LogP contribution in [-0.2, 0) is 14.1 Å². The predicted octanol–water partition coefficient (Wildman–Crippen LogP) is 2.14. The second kappa shape index (κ2) is 7.58. The molecule has 23 heavy (non-hydrogen) atoms. The Morgan fingerprint density at radius 3 is 1.87 bits per heavy atom. The third kappa shape index (κ3) is 3.90. The number of rotatable bonds is 6. The molecular weight excluding hydrogens is 309 g/mol. The van der Waals surface area contributed by atoms with E-state index in [1.165, 1.54) is 7.11 Å². The summed E-state index contributed by atoms with van der Waals surface area (Å²) >= 11 is 0. The van der Waals surface area contributed by atoms with Crippen molar-refractivity contribution in [1.29, 1.82) is 0 Å². The normalized spacial score (nSPS) is 14.0. The maximum Gasteiger partial charge on any atom is 0.309 e. The first-order chi connectivity index (χ1) is 11.0. The lowest BCUT2D eigenvalue weighted by Gasteiger charge is -2.25. The van der Waals surface area contributed by atoms with Crippen LogP contribution in [0.15, 0.2) is 60.7 Å². The van der Waals surface area contributed by atoms with Crippen molar-refractivity contribution >= 4 is 23.7 Å². The van der Waals surface area contributed by atoms with Gasteiger partial charge in [0.15, 0.2) is 0 Å². The lowest BCUT2D eigenvalue weighted by molar-refractivity contribution is -0.145. The van der Waals surface area contributed by atoms with E-state index in [0.29, 0.717) is 0 Å². The quantitative estimate of drug-likeness (QED) is 0.650. The number of ether oxygens (including phenoxy) is 1. The first-order valence-corrected chi connectivity index (χ1v) is 9.42. The minimum atomic E-state index is -2.92. The van der Waals surface area contributed by atoms with Gasteiger partial charge in [-0.2, -0.15) is 0 Å². The summed E-state index contributed by atoms with van der Waals surface area (Å²) in [7, 11) is -1.58. The molecule has 0 radical (unpaired) electrons. The lowest BCUT2D eigenvalue weighted by Crippen LogP contribution is -2.39. The van der Waals surface area contributed by atoms with E-state index < -0.39 is 19.1 Å². The monoisotopic (exact) mass is 331 g/mol. The van der Waals surface area contributed by atoms with Crippen LogP contribution in [0, 0.1) is 5.92 Å². The molecule has 0 aliphatic heterocycles. The third-order valence-corrected chi connectivity index (χ3v) is 7.23. The molecule has 5 heteroatoms. The van der Waals surface area contributed by atoms with Crippen LogP contribution in [0.5, 0.6) is 0 Å². The molecule has 0 aromatic heterocycles. The Labute approximate surface area is 137 Å². The Morgan fingerprint density at radius 2 is 1.48 bits per heavy atom. The van der Waals surface area contributed by atoms with Gasteiger partial charge in [0.1, 0.15) is 7.14 Å². The predicted molar refractivity (Wildman–Crippen MR) is 93.8 cm³/mol. The Balaban J connectivity index is 2.40. The summed E-state index contributed by atoms with van der Waals surface area (Å²) in [5.74, 6) is -0.897. The van der Waals surface area contributed by atoms with Gasteiger partial charge in [-0.25, -0.2) is 0 Å². The highest BCUT2D eigenvalue weighted by atomic mass is 31.2. The second-order valence-electron chi connectivity index (χ2n) is 5.57. The van der Waals surface area contributed by atoms with Crippen LogP contribution >= 0.6 is 7.14 Å². The SMILES string of the molecule is COC(=O)C(C)C(N)CP(=O)(c1ccccc1)c1ccccc1. The summed E-state index contributed by atoms with van der Waals surface area (Å²) in [6, 6.07) is 18.1. The van der Waals surface area contributed by atoms with Crippen molar-refractivity contribution in [1.82, 2.24) is 0 Å². The molecule has 0 saturated heterocycles. The van der Waals surface area contributed by atoms with Gasteiger partial charge < -0.3 is 15.0 Å². The minimum Gasteiger partial charge on any atom is -0.469 e. The van der Waals surface area contributed by atoms with Crippen LogP contribution in [0.3, 0.4) is 0 Å². The average Bonchev–Trinajstić information content (AvgIpc) is 2.61. The molecule has 0 bridgehead atoms. The Morgan fingerprint density at radius 1 is 1.04 bits per heavy atom. The van der Waals surface area contributed by atoms with Gasteiger partial charge in [0, 0.05) is 22.8 Å². The largest absolute Gasteiger partial charge is 0.469 e. The van der Waals surface area contributed by atoms with Gasteiger partial charge >= 0.3 is 5.97 Å². The summed E-state index contributed by atoms with van der Waals surface area (Å²) in [4.78, 5) is 11.7. The van der Waals surface area contributed by atoms with E-state index in [2.05, 4.69) is 0 Å². The van der Waals surface area contributed by atoms with E-state index in [1.807, 2.05) is 60.7 Å². The number of carbonyl (C=O) groups excluding carboxylic acids is 1. The zero-order chi connectivity index (χ0) is 16.9. The van der Waals surface area contributed by atoms with Crippen molar-refractivity contribution in [3.8, 4) is 0 Å². The smallest absolute Gasteiger partial charge is 0.309 e. The zero-order valence-electron chi connectivity index (χ0n) is 13.4. The first-order valence-electron chi connectivity index (χ1n) is 7.52. The number of benzene rings is 2. The Bertz CT molecular complexity index is 644. The van der Waals surface area contributed by atoms with Gasteiger partial charge in [0.25, 0.3) is 0 Å². The number of carbonyl (C=O) groups is 1. The van der Waals surface area contributed by atoms with Crippen LogP contribution in [0.4, 0.5) is 0 Å². The lowest BCUT2D eigenvalue weighted by atomic mass is 10.1. The maximum atomic E-state index is 13.8. The number of esters is 1. The molecule has 0 fully saturated rings.